The number of nitrogens with two attached hydrogens (primary N) is 1. The lowest BCUT2D eigenvalue weighted by Crippen LogP contribution is -2.67. The highest BCUT2D eigenvalue weighted by Gasteiger charge is 2.66. The molecule has 7 N–H and O–H groups in total. The first-order chi connectivity index (χ1) is 15.2. The lowest BCUT2D eigenvalue weighted by molar-refractivity contribution is -0.159. The number of likely N-dealkylation sites (N-methyl/N-ethyl adjacent to an activating group) is 1. The number of rotatable bonds is 2. The molecule has 33 heavy (non-hydrogen) atoms. The number of aromatic hydroxyl groups is 1. The molecule has 3 aliphatic carbocycles. The van der Waals surface area contributed by atoms with Crippen molar-refractivity contribution in [2.24, 2.45) is 17.6 Å². The molecule has 1 amide bonds. The van der Waals surface area contributed by atoms with Gasteiger partial charge in [0.15, 0.2) is 11.4 Å². The second-order valence-corrected chi connectivity index (χ2v) is 9.48. The number of ketones is 2. The maximum absolute atomic E-state index is 13.7. The number of nitrogens with zero attached hydrogens (tertiary/aromatic N) is 1. The van der Waals surface area contributed by atoms with Gasteiger partial charge in [-0.3, -0.25) is 19.3 Å². The third kappa shape index (κ3) is 2.75. The number of halogens is 1. The number of amides is 1. The van der Waals surface area contributed by atoms with Crippen molar-refractivity contribution in [3.63, 3.8) is 0 Å². The first kappa shape index (κ1) is 23.2. The largest absolute Gasteiger partial charge is 0.508 e. The molecule has 5 atom stereocenters. The molecule has 0 aromatic heterocycles. The molecule has 10 nitrogen and oxygen atoms in total. The van der Waals surface area contributed by atoms with Gasteiger partial charge in [-0.1, -0.05) is 11.6 Å². The molecule has 2 unspecified atom stereocenters. The maximum atomic E-state index is 13.7. The predicted octanol–water partition coefficient (Wildman–Crippen LogP) is 0.282. The number of primary amides is 1. The Labute approximate surface area is 193 Å². The Hall–Kier alpha value is -2.92. The van der Waals surface area contributed by atoms with Gasteiger partial charge in [0.25, 0.3) is 5.91 Å². The topological polar surface area (TPSA) is 182 Å². The number of aliphatic hydroxyl groups excluding tert-OH is 2. The molecule has 0 heterocycles. The lowest BCUT2D eigenvalue weighted by Gasteiger charge is -2.53. The van der Waals surface area contributed by atoms with E-state index in [1.165, 1.54) is 38.1 Å². The second kappa shape index (κ2) is 7.04. The first-order valence-electron chi connectivity index (χ1n) is 10.1. The number of carbonyl (C=O) groups is 3. The number of fused-ring (bicyclic) bond motifs is 3. The van der Waals surface area contributed by atoms with Crippen molar-refractivity contribution in [2.45, 2.75) is 30.6 Å². The molecule has 0 bridgehead atoms. The van der Waals surface area contributed by atoms with Gasteiger partial charge < -0.3 is 31.3 Å². The summed E-state index contributed by atoms with van der Waals surface area (Å²) in [4.78, 5) is 40.1. The number of phenolic OH excluding ortho intramolecular Hbond substituents is 1. The summed E-state index contributed by atoms with van der Waals surface area (Å²) < 4.78 is 0. The van der Waals surface area contributed by atoms with E-state index in [1.807, 2.05) is 0 Å². The van der Waals surface area contributed by atoms with E-state index in [4.69, 9.17) is 17.3 Å². The molecule has 0 spiro atoms. The van der Waals surface area contributed by atoms with E-state index in [2.05, 4.69) is 0 Å². The first-order valence-corrected chi connectivity index (χ1v) is 10.5. The summed E-state index contributed by atoms with van der Waals surface area (Å²) in [5.41, 5.74) is -1.10. The Balaban J connectivity index is 2.07. The molecule has 3 aliphatic rings. The van der Waals surface area contributed by atoms with E-state index >= 15 is 0 Å². The zero-order chi connectivity index (χ0) is 24.8. The van der Waals surface area contributed by atoms with Crippen LogP contribution >= 0.6 is 11.6 Å². The number of carbonyl (C=O) groups excluding carboxylic acids is 3. The third-order valence-electron chi connectivity index (χ3n) is 7.07. The zero-order valence-electron chi connectivity index (χ0n) is 18.0. The molecular formula is C22H23ClN2O8. The minimum atomic E-state index is -2.78. The molecule has 0 saturated heterocycles. The fourth-order valence-corrected chi connectivity index (χ4v) is 5.93. The van der Waals surface area contributed by atoms with Crippen molar-refractivity contribution in [3.05, 3.63) is 45.2 Å². The summed E-state index contributed by atoms with van der Waals surface area (Å²) in [7, 11) is 2.97. The van der Waals surface area contributed by atoms with Gasteiger partial charge in [-0.15, -0.1) is 0 Å². The molecule has 0 aliphatic heterocycles. The normalized spacial score (nSPS) is 33.7. The molecular weight excluding hydrogens is 456 g/mol. The van der Waals surface area contributed by atoms with Crippen molar-refractivity contribution in [3.8, 4) is 5.75 Å². The van der Waals surface area contributed by atoms with E-state index in [0.29, 0.717) is 0 Å². The van der Waals surface area contributed by atoms with Crippen LogP contribution in [0.25, 0.3) is 5.76 Å². The molecule has 1 aromatic carbocycles. The molecule has 1 saturated carbocycles. The fourth-order valence-electron chi connectivity index (χ4n) is 5.58. The van der Waals surface area contributed by atoms with Crippen LogP contribution in [0.5, 0.6) is 5.75 Å². The summed E-state index contributed by atoms with van der Waals surface area (Å²) in [6.07, 6.45) is -0.259. The van der Waals surface area contributed by atoms with Gasteiger partial charge in [-0.2, -0.15) is 0 Å². The van der Waals surface area contributed by atoms with Crippen LogP contribution in [0.2, 0.25) is 5.02 Å². The van der Waals surface area contributed by atoms with Crippen molar-refractivity contribution >= 4 is 34.8 Å². The lowest BCUT2D eigenvalue weighted by atomic mass is 9.54. The Morgan fingerprint density at radius 1 is 1.18 bits per heavy atom. The van der Waals surface area contributed by atoms with Gasteiger partial charge in [0.05, 0.1) is 17.2 Å². The van der Waals surface area contributed by atoms with Crippen LogP contribution in [0.3, 0.4) is 0 Å². The summed E-state index contributed by atoms with van der Waals surface area (Å²) in [5.74, 6) is -8.30. The average Bonchev–Trinajstić information content (AvgIpc) is 2.69. The van der Waals surface area contributed by atoms with E-state index in [1.54, 1.807) is 0 Å². The monoisotopic (exact) mass is 478 g/mol. The Morgan fingerprint density at radius 3 is 2.33 bits per heavy atom. The Morgan fingerprint density at radius 2 is 1.79 bits per heavy atom. The van der Waals surface area contributed by atoms with Gasteiger partial charge >= 0.3 is 0 Å². The SMILES string of the molecule is CN(C)[C@@H]1C(=O)C(C(N)=O)=C(O)C2(O)C(=O)C3=C(O)c4c(O)ccc(Cl)c4C(C)(O)[C@H]3C[C@@H]12. The van der Waals surface area contributed by atoms with Gasteiger partial charge in [0.1, 0.15) is 22.8 Å². The van der Waals surface area contributed by atoms with Gasteiger partial charge in [-0.25, -0.2) is 0 Å². The smallest absolute Gasteiger partial charge is 0.255 e. The minimum Gasteiger partial charge on any atom is -0.508 e. The molecule has 176 valence electrons. The summed E-state index contributed by atoms with van der Waals surface area (Å²) in [6, 6.07) is 1.24. The van der Waals surface area contributed by atoms with Gasteiger partial charge in [-0.05, 0) is 39.6 Å². The van der Waals surface area contributed by atoms with Crippen molar-refractivity contribution < 1.29 is 39.9 Å². The van der Waals surface area contributed by atoms with Crippen molar-refractivity contribution in [2.75, 3.05) is 14.1 Å². The second-order valence-electron chi connectivity index (χ2n) is 9.08. The summed E-state index contributed by atoms with van der Waals surface area (Å²) >= 11 is 6.28. The van der Waals surface area contributed by atoms with Crippen LogP contribution in [0.4, 0.5) is 0 Å². The van der Waals surface area contributed by atoms with Gasteiger partial charge in [0.2, 0.25) is 5.78 Å². The molecule has 0 radical (unpaired) electrons. The number of aliphatic hydroxyl groups is 4. The van der Waals surface area contributed by atoms with Crippen LogP contribution in [-0.4, -0.2) is 73.6 Å². The van der Waals surface area contributed by atoms with E-state index < -0.39 is 75.0 Å². The summed E-state index contributed by atoms with van der Waals surface area (Å²) in [6.45, 7) is 1.34. The summed E-state index contributed by atoms with van der Waals surface area (Å²) in [5, 5.41) is 55.2. The van der Waals surface area contributed by atoms with E-state index in [-0.39, 0.29) is 22.6 Å². The highest BCUT2D eigenvalue weighted by Crippen LogP contribution is 2.58. The van der Waals surface area contributed by atoms with Crippen molar-refractivity contribution in [1.29, 1.82) is 0 Å². The van der Waals surface area contributed by atoms with Crippen molar-refractivity contribution in [1.82, 2.24) is 4.90 Å². The molecule has 11 heteroatoms. The van der Waals surface area contributed by atoms with E-state index in [0.717, 1.165) is 0 Å². The highest BCUT2D eigenvalue weighted by molar-refractivity contribution is 6.32. The van der Waals surface area contributed by atoms with Crippen LogP contribution < -0.4 is 5.73 Å². The number of benzene rings is 1. The maximum Gasteiger partial charge on any atom is 0.255 e. The number of Topliss-reactive ketones (excluding diaryl/α,β-unsaturated/α-hetero) is 2. The Kier molecular flexibility index (Phi) is 4.96. The quantitative estimate of drug-likeness (QED) is 0.325. The average molecular weight is 479 g/mol. The number of hydrogen-bond acceptors (Lipinski definition) is 9. The fraction of sp³-hybridized carbons (Fsp3) is 0.409. The van der Waals surface area contributed by atoms with Crippen LogP contribution in [0, 0.1) is 11.8 Å². The molecule has 4 rings (SSSR count). The molecule has 1 aromatic rings. The van der Waals surface area contributed by atoms with Gasteiger partial charge in [0, 0.05) is 28.0 Å². The van der Waals surface area contributed by atoms with Crippen LogP contribution in [0.15, 0.2) is 29.0 Å². The third-order valence-corrected chi connectivity index (χ3v) is 7.39. The molecule has 1 fully saturated rings. The number of hydrogen-bond donors (Lipinski definition) is 6. The van der Waals surface area contributed by atoms with Crippen LogP contribution in [-0.2, 0) is 20.0 Å². The Bertz CT molecular complexity index is 1200. The minimum absolute atomic E-state index is 0.0187. The zero-order valence-corrected chi connectivity index (χ0v) is 18.7. The highest BCUT2D eigenvalue weighted by atomic mass is 35.5. The predicted molar refractivity (Wildman–Crippen MR) is 115 cm³/mol. The number of phenols is 1. The van der Waals surface area contributed by atoms with E-state index in [9.17, 15) is 39.9 Å². The standard InChI is InChI=1S/C22H23ClN2O8/c1-21(32)7-6-8-15(25(2)3)17(28)13(20(24)31)19(30)22(8,33)18(29)11(7)16(27)12-10(26)5-4-9(23)14(12)21/h4-5,7-8,15,26-27,30,32-33H,6H2,1-3H3,(H2,24,31)/t7-,8-,15-,21?,22?/m0/s1. The van der Waals surface area contributed by atoms with Crippen LogP contribution in [0.1, 0.15) is 24.5 Å².